The monoisotopic (exact) mass is 292 g/mol. The molecule has 1 amide bonds. The van der Waals surface area contributed by atoms with Gasteiger partial charge in [0, 0.05) is 37.8 Å². The number of β-amino-alcohol motifs (C(OH)–C–C–N with tert-alkyl or cyclic N) is 1. The number of aryl methyl sites for hydroxylation is 1. The molecule has 2 rings (SSSR count). The Kier molecular flexibility index (Phi) is 4.85. The number of nitrogens with zero attached hydrogens (tertiary/aromatic N) is 2. The summed E-state index contributed by atoms with van der Waals surface area (Å²) in [6.45, 7) is 8.39. The van der Waals surface area contributed by atoms with Gasteiger partial charge in [0.15, 0.2) is 0 Å². The number of hydrogen-bond donors (Lipinski definition) is 2. The van der Waals surface area contributed by atoms with Crippen molar-refractivity contribution in [1.29, 1.82) is 0 Å². The molecule has 0 radical (unpaired) electrons. The quantitative estimate of drug-likeness (QED) is 0.879. The minimum Gasteiger partial charge on any atom is -0.508 e. The van der Waals surface area contributed by atoms with E-state index in [1.165, 1.54) is 6.07 Å². The number of aliphatic hydroxyl groups excluding tert-OH is 1. The lowest BCUT2D eigenvalue weighted by Gasteiger charge is -2.40. The number of benzene rings is 1. The maximum atomic E-state index is 12.5. The smallest absolute Gasteiger partial charge is 0.254 e. The number of hydrogen-bond acceptors (Lipinski definition) is 4. The molecular weight excluding hydrogens is 268 g/mol. The summed E-state index contributed by atoms with van der Waals surface area (Å²) < 4.78 is 0. The van der Waals surface area contributed by atoms with Crippen molar-refractivity contribution >= 4 is 5.91 Å². The number of carbonyl (C=O) groups is 1. The van der Waals surface area contributed by atoms with E-state index in [0.29, 0.717) is 18.7 Å². The molecule has 0 unspecified atom stereocenters. The van der Waals surface area contributed by atoms with Crippen molar-refractivity contribution in [3.05, 3.63) is 29.3 Å². The SMILES string of the molecule is Cc1ccc(C(=O)N2CCN(C[C@@H](C)O)C[C@@H]2C)cc1O. The number of aromatic hydroxyl groups is 1. The number of carbonyl (C=O) groups excluding carboxylic acids is 1. The van der Waals surface area contributed by atoms with E-state index in [1.807, 2.05) is 11.8 Å². The second-order valence-electron chi connectivity index (χ2n) is 5.96. The topological polar surface area (TPSA) is 64.0 Å². The predicted octanol–water partition coefficient (Wildman–Crippen LogP) is 1.23. The van der Waals surface area contributed by atoms with Crippen molar-refractivity contribution in [3.63, 3.8) is 0 Å². The lowest BCUT2D eigenvalue weighted by atomic mass is 10.1. The molecule has 0 saturated carbocycles. The van der Waals surface area contributed by atoms with E-state index >= 15 is 0 Å². The first-order valence-electron chi connectivity index (χ1n) is 7.39. The fourth-order valence-electron chi connectivity index (χ4n) is 2.78. The summed E-state index contributed by atoms with van der Waals surface area (Å²) in [7, 11) is 0. The molecule has 1 heterocycles. The van der Waals surface area contributed by atoms with Crippen LogP contribution in [0.1, 0.15) is 29.8 Å². The Morgan fingerprint density at radius 3 is 2.71 bits per heavy atom. The molecule has 1 aliphatic heterocycles. The molecule has 2 N–H and O–H groups in total. The summed E-state index contributed by atoms with van der Waals surface area (Å²) in [6, 6.07) is 5.14. The normalized spacial score (nSPS) is 21.3. The number of phenols is 1. The van der Waals surface area contributed by atoms with E-state index in [-0.39, 0.29) is 23.8 Å². The Bertz CT molecular complexity index is 516. The lowest BCUT2D eigenvalue weighted by molar-refractivity contribution is 0.0382. The first-order chi connectivity index (χ1) is 9.88. The van der Waals surface area contributed by atoms with E-state index < -0.39 is 0 Å². The van der Waals surface area contributed by atoms with Crippen LogP contribution in [-0.2, 0) is 0 Å². The highest BCUT2D eigenvalue weighted by Crippen LogP contribution is 2.20. The van der Waals surface area contributed by atoms with E-state index in [4.69, 9.17) is 0 Å². The van der Waals surface area contributed by atoms with Gasteiger partial charge in [-0.3, -0.25) is 9.69 Å². The summed E-state index contributed by atoms with van der Waals surface area (Å²) in [4.78, 5) is 16.6. The zero-order valence-corrected chi connectivity index (χ0v) is 12.9. The van der Waals surface area contributed by atoms with Crippen molar-refractivity contribution in [2.75, 3.05) is 26.2 Å². The molecular formula is C16H24N2O3. The van der Waals surface area contributed by atoms with Crippen molar-refractivity contribution < 1.29 is 15.0 Å². The van der Waals surface area contributed by atoms with Gasteiger partial charge in [-0.1, -0.05) is 6.07 Å². The first-order valence-corrected chi connectivity index (χ1v) is 7.39. The van der Waals surface area contributed by atoms with E-state index in [9.17, 15) is 15.0 Å². The third-order valence-electron chi connectivity index (χ3n) is 3.95. The summed E-state index contributed by atoms with van der Waals surface area (Å²) in [6.07, 6.45) is -0.353. The number of phenolic OH excluding ortho intramolecular Hbond substituents is 1. The summed E-state index contributed by atoms with van der Waals surface area (Å²) in [5.74, 6) is 0.107. The van der Waals surface area contributed by atoms with Crippen LogP contribution in [0.25, 0.3) is 0 Å². The molecule has 0 bridgehead atoms. The van der Waals surface area contributed by atoms with Crippen molar-refractivity contribution in [2.45, 2.75) is 32.9 Å². The minimum absolute atomic E-state index is 0.0468. The summed E-state index contributed by atoms with van der Waals surface area (Å²) in [5.41, 5.74) is 1.29. The second-order valence-corrected chi connectivity index (χ2v) is 5.96. The molecule has 1 saturated heterocycles. The Hall–Kier alpha value is -1.59. The van der Waals surface area contributed by atoms with Gasteiger partial charge in [0.25, 0.3) is 5.91 Å². The Labute approximate surface area is 125 Å². The molecule has 116 valence electrons. The first kappa shape index (κ1) is 15.8. The number of aliphatic hydroxyl groups is 1. The zero-order valence-electron chi connectivity index (χ0n) is 12.9. The van der Waals surface area contributed by atoms with Gasteiger partial charge in [-0.25, -0.2) is 0 Å². The van der Waals surface area contributed by atoms with E-state index in [1.54, 1.807) is 26.0 Å². The fourth-order valence-corrected chi connectivity index (χ4v) is 2.78. The predicted molar refractivity (Wildman–Crippen MR) is 81.5 cm³/mol. The van der Waals surface area contributed by atoms with Gasteiger partial charge in [-0.05, 0) is 38.5 Å². The van der Waals surface area contributed by atoms with Crippen molar-refractivity contribution in [1.82, 2.24) is 9.80 Å². The summed E-state index contributed by atoms with van der Waals surface area (Å²) in [5, 5.41) is 19.2. The molecule has 1 fully saturated rings. The van der Waals surface area contributed by atoms with Crippen molar-refractivity contribution in [3.8, 4) is 5.75 Å². The van der Waals surface area contributed by atoms with Gasteiger partial charge in [0.2, 0.25) is 0 Å². The van der Waals surface area contributed by atoms with Crippen LogP contribution in [0.5, 0.6) is 5.75 Å². The van der Waals surface area contributed by atoms with Crippen LogP contribution in [0.4, 0.5) is 0 Å². The summed E-state index contributed by atoms with van der Waals surface area (Å²) >= 11 is 0. The van der Waals surface area contributed by atoms with Crippen LogP contribution < -0.4 is 0 Å². The standard InChI is InChI=1S/C16H24N2O3/c1-11-4-5-14(8-15(11)20)16(21)18-7-6-17(9-12(18)2)10-13(3)19/h4-5,8,12-13,19-20H,6-7,9-10H2,1-3H3/t12-,13+/m0/s1. The Balaban J connectivity index is 2.05. The molecule has 1 aromatic rings. The third kappa shape index (κ3) is 3.74. The van der Waals surface area contributed by atoms with E-state index in [0.717, 1.165) is 18.7 Å². The van der Waals surface area contributed by atoms with E-state index in [2.05, 4.69) is 4.90 Å². The van der Waals surface area contributed by atoms with Crippen LogP contribution in [0.2, 0.25) is 0 Å². The molecule has 0 aliphatic carbocycles. The van der Waals surface area contributed by atoms with Gasteiger partial charge in [0.05, 0.1) is 6.10 Å². The molecule has 1 aliphatic rings. The van der Waals surface area contributed by atoms with Gasteiger partial charge in [-0.15, -0.1) is 0 Å². The van der Waals surface area contributed by atoms with Crippen molar-refractivity contribution in [2.24, 2.45) is 0 Å². The van der Waals surface area contributed by atoms with Crippen LogP contribution in [0.3, 0.4) is 0 Å². The molecule has 21 heavy (non-hydrogen) atoms. The van der Waals surface area contributed by atoms with Crippen LogP contribution in [0.15, 0.2) is 18.2 Å². The molecule has 5 nitrogen and oxygen atoms in total. The molecule has 1 aromatic carbocycles. The van der Waals surface area contributed by atoms with Crippen LogP contribution >= 0.6 is 0 Å². The lowest BCUT2D eigenvalue weighted by Crippen LogP contribution is -2.55. The van der Waals surface area contributed by atoms with Gasteiger partial charge in [-0.2, -0.15) is 0 Å². The maximum Gasteiger partial charge on any atom is 0.254 e. The Morgan fingerprint density at radius 2 is 2.14 bits per heavy atom. The molecule has 0 spiro atoms. The van der Waals surface area contributed by atoms with Gasteiger partial charge < -0.3 is 15.1 Å². The van der Waals surface area contributed by atoms with Gasteiger partial charge >= 0.3 is 0 Å². The molecule has 5 heteroatoms. The molecule has 0 aromatic heterocycles. The molecule has 2 atom stereocenters. The highest BCUT2D eigenvalue weighted by Gasteiger charge is 2.28. The fraction of sp³-hybridized carbons (Fsp3) is 0.562. The largest absolute Gasteiger partial charge is 0.508 e. The number of rotatable bonds is 3. The Morgan fingerprint density at radius 1 is 1.43 bits per heavy atom. The highest BCUT2D eigenvalue weighted by molar-refractivity contribution is 5.95. The average molecular weight is 292 g/mol. The number of piperazine rings is 1. The highest BCUT2D eigenvalue weighted by atomic mass is 16.3. The van der Waals surface area contributed by atoms with Crippen LogP contribution in [0, 0.1) is 6.92 Å². The van der Waals surface area contributed by atoms with Gasteiger partial charge in [0.1, 0.15) is 5.75 Å². The minimum atomic E-state index is -0.353. The van der Waals surface area contributed by atoms with Crippen LogP contribution in [-0.4, -0.2) is 64.2 Å². The number of amides is 1. The second kappa shape index (κ2) is 6.45. The third-order valence-corrected chi connectivity index (χ3v) is 3.95. The maximum absolute atomic E-state index is 12.5. The zero-order chi connectivity index (χ0) is 15.6. The average Bonchev–Trinajstić information content (AvgIpc) is 2.40.